The molecule has 3 unspecified atom stereocenters. The van der Waals surface area contributed by atoms with E-state index in [1.54, 1.807) is 0 Å². The minimum Gasteiger partial charge on any atom is -0.460 e. The average Bonchev–Trinajstić information content (AvgIpc) is 2.88. The van der Waals surface area contributed by atoms with Gasteiger partial charge in [-0.3, -0.25) is 4.79 Å². The van der Waals surface area contributed by atoms with Crippen LogP contribution in [0.4, 0.5) is 0 Å². The molecule has 0 saturated heterocycles. The fourth-order valence-electron chi connectivity index (χ4n) is 4.94. The summed E-state index contributed by atoms with van der Waals surface area (Å²) in [6.45, 7) is 9.95. The Morgan fingerprint density at radius 1 is 0.769 bits per heavy atom. The van der Waals surface area contributed by atoms with Crippen LogP contribution in [0.3, 0.4) is 0 Å². The van der Waals surface area contributed by atoms with Crippen LogP contribution in [0.5, 0.6) is 0 Å². The molecule has 0 saturated carbocycles. The van der Waals surface area contributed by atoms with Crippen LogP contribution in [0.25, 0.3) is 0 Å². The Morgan fingerprint density at radius 3 is 1.95 bits per heavy atom. The summed E-state index contributed by atoms with van der Waals surface area (Å²) in [5.74, 6) is -0.574. The first kappa shape index (κ1) is 37.6. The molecule has 0 aromatic carbocycles. The Balaban J connectivity index is 4.90. The molecule has 0 bridgehead atoms. The van der Waals surface area contributed by atoms with Crippen LogP contribution < -0.4 is 0 Å². The van der Waals surface area contributed by atoms with Crippen molar-refractivity contribution in [2.75, 3.05) is 33.3 Å². The van der Waals surface area contributed by atoms with Gasteiger partial charge in [0.1, 0.15) is 19.3 Å². The van der Waals surface area contributed by atoms with Gasteiger partial charge in [-0.15, -0.1) is 0 Å². The van der Waals surface area contributed by atoms with Gasteiger partial charge in [0.05, 0.1) is 19.7 Å². The number of carbonyl (C=O) groups excluding carboxylic acids is 2. The molecule has 0 fully saturated rings. The molecule has 0 rings (SSSR count). The number of rotatable bonds is 27. The second kappa shape index (κ2) is 25.6. The number of esters is 2. The summed E-state index contributed by atoms with van der Waals surface area (Å²) in [6, 6.07) is 0. The van der Waals surface area contributed by atoms with E-state index in [1.807, 2.05) is 7.05 Å². The minimum absolute atomic E-state index is 0.223. The number of likely N-dealkylation sites (N-methyl/N-ethyl adjacent to an activating group) is 1. The van der Waals surface area contributed by atoms with Gasteiger partial charge in [-0.2, -0.15) is 0 Å². The number of ether oxygens (including phenoxy) is 2. The van der Waals surface area contributed by atoms with Gasteiger partial charge in [-0.1, -0.05) is 104 Å². The Kier molecular flexibility index (Phi) is 24.6. The molecule has 0 spiro atoms. The van der Waals surface area contributed by atoms with E-state index in [0.29, 0.717) is 30.5 Å². The Morgan fingerprint density at radius 2 is 1.33 bits per heavy atom. The van der Waals surface area contributed by atoms with E-state index in [2.05, 4.69) is 32.9 Å². The maximum absolute atomic E-state index is 13.1. The molecule has 3 atom stereocenters. The molecule has 1 N–H and O–H groups in total. The topological polar surface area (TPSA) is 72.8 Å². The fraction of sp³-hybridized carbons (Fsp3) is 0.879. The van der Waals surface area contributed by atoms with Crippen LogP contribution in [0.1, 0.15) is 143 Å². The highest BCUT2D eigenvalue weighted by atomic mass is 16.6. The van der Waals surface area contributed by atoms with E-state index in [0.717, 1.165) is 45.1 Å². The van der Waals surface area contributed by atoms with Crippen molar-refractivity contribution in [1.82, 2.24) is 0 Å². The standard InChI is InChI=1S/C33H64NO5/c1-6-9-12-14-16-17-18-19-22-24-31(36)32(25-21-11-8-3)39-33(37)29-34(5,27-28-38-30(4)35)26-23-20-15-13-10-7-2/h19,22,31-32,36H,6-18,20-21,23-29H2,1-5H3/q+1/b22-19-. The third kappa shape index (κ3) is 23.0. The van der Waals surface area contributed by atoms with Gasteiger partial charge in [-0.25, -0.2) is 4.79 Å². The molecule has 0 heterocycles. The molecule has 0 amide bonds. The third-order valence-corrected chi connectivity index (χ3v) is 7.57. The lowest BCUT2D eigenvalue weighted by Gasteiger charge is -2.34. The zero-order valence-electron chi connectivity index (χ0n) is 26.4. The van der Waals surface area contributed by atoms with Crippen LogP contribution in [0.2, 0.25) is 0 Å². The molecule has 6 heteroatoms. The van der Waals surface area contributed by atoms with Gasteiger partial charge in [0, 0.05) is 6.92 Å². The second-order valence-corrected chi connectivity index (χ2v) is 11.7. The fourth-order valence-corrected chi connectivity index (χ4v) is 4.94. The number of unbranched alkanes of at least 4 members (excludes halogenated alkanes) is 13. The summed E-state index contributed by atoms with van der Waals surface area (Å²) in [6.07, 6.45) is 23.1. The highest BCUT2D eigenvalue weighted by molar-refractivity contribution is 5.70. The van der Waals surface area contributed by atoms with Crippen LogP contribution >= 0.6 is 0 Å². The van der Waals surface area contributed by atoms with Gasteiger partial charge in [-0.05, 0) is 44.9 Å². The van der Waals surface area contributed by atoms with Gasteiger partial charge in [0.2, 0.25) is 0 Å². The van der Waals surface area contributed by atoms with E-state index in [9.17, 15) is 14.7 Å². The molecule has 0 aliphatic rings. The van der Waals surface area contributed by atoms with Crippen molar-refractivity contribution >= 4 is 11.9 Å². The van der Waals surface area contributed by atoms with Crippen LogP contribution in [-0.4, -0.2) is 67.0 Å². The number of nitrogens with zero attached hydrogens (tertiary/aromatic N) is 1. The zero-order chi connectivity index (χ0) is 29.2. The van der Waals surface area contributed by atoms with Crippen molar-refractivity contribution in [3.63, 3.8) is 0 Å². The summed E-state index contributed by atoms with van der Waals surface area (Å²) in [7, 11) is 2.05. The Bertz CT molecular complexity index is 623. The molecular formula is C33H64NO5+. The first-order chi connectivity index (χ1) is 18.8. The molecule has 0 aromatic rings. The summed E-state index contributed by atoms with van der Waals surface area (Å²) < 4.78 is 11.6. The van der Waals surface area contributed by atoms with Gasteiger partial charge in [0.15, 0.2) is 6.54 Å². The highest BCUT2D eigenvalue weighted by Crippen LogP contribution is 2.17. The van der Waals surface area contributed by atoms with Gasteiger partial charge < -0.3 is 19.1 Å². The maximum Gasteiger partial charge on any atom is 0.362 e. The number of quaternary nitrogens is 1. The molecule has 0 aliphatic carbocycles. The van der Waals surface area contributed by atoms with Gasteiger partial charge >= 0.3 is 11.9 Å². The predicted octanol–water partition coefficient (Wildman–Crippen LogP) is 7.91. The second-order valence-electron chi connectivity index (χ2n) is 11.7. The molecule has 0 radical (unpaired) electrons. The molecule has 6 nitrogen and oxygen atoms in total. The predicted molar refractivity (Wildman–Crippen MR) is 163 cm³/mol. The highest BCUT2D eigenvalue weighted by Gasteiger charge is 2.30. The molecule has 0 aliphatic heterocycles. The lowest BCUT2D eigenvalue weighted by atomic mass is 10.0. The number of aliphatic hydroxyl groups excluding tert-OH is 1. The number of carbonyl (C=O) groups is 2. The molecule has 230 valence electrons. The van der Waals surface area contributed by atoms with E-state index < -0.39 is 12.2 Å². The van der Waals surface area contributed by atoms with Crippen molar-refractivity contribution in [2.24, 2.45) is 0 Å². The summed E-state index contributed by atoms with van der Waals surface area (Å²) in [5.41, 5.74) is 0. The Labute approximate surface area is 241 Å². The van der Waals surface area contributed by atoms with Crippen LogP contribution in [0, 0.1) is 0 Å². The monoisotopic (exact) mass is 554 g/mol. The van der Waals surface area contributed by atoms with E-state index in [-0.39, 0.29) is 18.5 Å². The van der Waals surface area contributed by atoms with Crippen molar-refractivity contribution in [2.45, 2.75) is 155 Å². The average molecular weight is 555 g/mol. The summed E-state index contributed by atoms with van der Waals surface area (Å²) in [4.78, 5) is 24.4. The maximum atomic E-state index is 13.1. The lowest BCUT2D eigenvalue weighted by molar-refractivity contribution is -0.903. The van der Waals surface area contributed by atoms with Gasteiger partial charge in [0.25, 0.3) is 0 Å². The largest absolute Gasteiger partial charge is 0.460 e. The lowest BCUT2D eigenvalue weighted by Crippen LogP contribution is -2.51. The summed E-state index contributed by atoms with van der Waals surface area (Å²) in [5, 5.41) is 10.9. The number of hydrogen-bond donors (Lipinski definition) is 1. The van der Waals surface area contributed by atoms with Crippen LogP contribution in [0.15, 0.2) is 12.2 Å². The number of allylic oxidation sites excluding steroid dienone is 1. The van der Waals surface area contributed by atoms with Crippen molar-refractivity contribution in [1.29, 1.82) is 0 Å². The Hall–Kier alpha value is -1.40. The van der Waals surface area contributed by atoms with Crippen molar-refractivity contribution in [3.8, 4) is 0 Å². The molecular weight excluding hydrogens is 490 g/mol. The number of aliphatic hydroxyl groups is 1. The zero-order valence-corrected chi connectivity index (χ0v) is 26.4. The minimum atomic E-state index is -0.690. The van der Waals surface area contributed by atoms with E-state index in [1.165, 1.54) is 71.1 Å². The normalized spacial score (nSPS) is 14.7. The first-order valence-electron chi connectivity index (χ1n) is 16.3. The SMILES string of the molecule is CCCCCCCC/C=C\CC(O)C(CCCCC)OC(=O)C[N+](C)(CCCCCCCC)CCOC(C)=O. The van der Waals surface area contributed by atoms with E-state index >= 15 is 0 Å². The van der Waals surface area contributed by atoms with Crippen molar-refractivity contribution < 1.29 is 28.7 Å². The van der Waals surface area contributed by atoms with E-state index in [4.69, 9.17) is 9.47 Å². The van der Waals surface area contributed by atoms with Crippen molar-refractivity contribution in [3.05, 3.63) is 12.2 Å². The molecule has 0 aromatic heterocycles. The number of hydrogen-bond acceptors (Lipinski definition) is 5. The third-order valence-electron chi connectivity index (χ3n) is 7.57. The first-order valence-corrected chi connectivity index (χ1v) is 16.3. The van der Waals surface area contributed by atoms with Crippen LogP contribution in [-0.2, 0) is 19.1 Å². The smallest absolute Gasteiger partial charge is 0.362 e. The summed E-state index contributed by atoms with van der Waals surface area (Å²) >= 11 is 0. The molecule has 39 heavy (non-hydrogen) atoms. The quantitative estimate of drug-likeness (QED) is 0.0483.